The Kier molecular flexibility index (Phi) is 7.03. The van der Waals surface area contributed by atoms with Gasteiger partial charge in [-0.3, -0.25) is 9.59 Å². The minimum absolute atomic E-state index is 0.0440. The van der Waals surface area contributed by atoms with Crippen LogP contribution in [0.15, 0.2) is 59.8 Å². The molecule has 1 aromatic heterocycles. The van der Waals surface area contributed by atoms with Crippen molar-refractivity contribution in [3.8, 4) is 5.75 Å². The van der Waals surface area contributed by atoms with E-state index in [2.05, 4.69) is 10.5 Å². The van der Waals surface area contributed by atoms with E-state index in [1.807, 2.05) is 39.9 Å². The number of amides is 2. The maximum atomic E-state index is 12.7. The predicted molar refractivity (Wildman–Crippen MR) is 122 cm³/mol. The molecular formula is C23H23ClN4O4. The second kappa shape index (κ2) is 10.3. The van der Waals surface area contributed by atoms with Crippen LogP contribution in [-0.4, -0.2) is 60.4 Å². The van der Waals surface area contributed by atoms with Crippen molar-refractivity contribution >= 4 is 40.5 Å². The van der Waals surface area contributed by atoms with Crippen molar-refractivity contribution < 1.29 is 19.1 Å². The third-order valence-corrected chi connectivity index (χ3v) is 5.39. The first kappa shape index (κ1) is 21.9. The quantitative estimate of drug-likeness (QED) is 0.439. The zero-order valence-electron chi connectivity index (χ0n) is 17.4. The van der Waals surface area contributed by atoms with Crippen molar-refractivity contribution in [1.82, 2.24) is 14.9 Å². The third kappa shape index (κ3) is 5.27. The average Bonchev–Trinajstić information content (AvgIpc) is 3.16. The van der Waals surface area contributed by atoms with Crippen molar-refractivity contribution in [2.24, 2.45) is 5.10 Å². The molecule has 3 aromatic rings. The van der Waals surface area contributed by atoms with Crippen LogP contribution in [0.4, 0.5) is 0 Å². The molecule has 4 rings (SSSR count). The van der Waals surface area contributed by atoms with Gasteiger partial charge in [0, 0.05) is 35.8 Å². The number of hydrogen-bond donors (Lipinski definition) is 1. The van der Waals surface area contributed by atoms with E-state index >= 15 is 0 Å². The monoisotopic (exact) mass is 454 g/mol. The summed E-state index contributed by atoms with van der Waals surface area (Å²) in [5.74, 6) is 0.0660. The molecule has 0 spiro atoms. The standard InChI is InChI=1S/C23H23ClN4O4/c24-19-6-2-4-8-21(19)32-16-22(29)26-25-13-17-14-28(20-7-3-1-5-18(17)20)15-23(30)27-9-11-31-12-10-27/h1-8,13-14H,9-12,15-16H2,(H,26,29)/b25-13+. The fraction of sp³-hybridized carbons (Fsp3) is 0.261. The minimum Gasteiger partial charge on any atom is -0.482 e. The Balaban J connectivity index is 1.40. The van der Waals surface area contributed by atoms with Crippen molar-refractivity contribution in [2.75, 3.05) is 32.9 Å². The number of hydrogen-bond acceptors (Lipinski definition) is 5. The molecule has 1 saturated heterocycles. The van der Waals surface area contributed by atoms with Gasteiger partial charge in [-0.1, -0.05) is 41.9 Å². The van der Waals surface area contributed by atoms with E-state index in [0.717, 1.165) is 16.5 Å². The minimum atomic E-state index is -0.410. The highest BCUT2D eigenvalue weighted by atomic mass is 35.5. The van der Waals surface area contributed by atoms with E-state index in [-0.39, 0.29) is 19.1 Å². The van der Waals surface area contributed by atoms with Crippen LogP contribution in [0.3, 0.4) is 0 Å². The Bertz CT molecular complexity index is 1140. The van der Waals surface area contributed by atoms with Gasteiger partial charge < -0.3 is 18.9 Å². The summed E-state index contributed by atoms with van der Waals surface area (Å²) in [5, 5.41) is 5.42. The summed E-state index contributed by atoms with van der Waals surface area (Å²) >= 11 is 6.01. The maximum Gasteiger partial charge on any atom is 0.277 e. The number of carbonyl (C=O) groups is 2. The summed E-state index contributed by atoms with van der Waals surface area (Å²) < 4.78 is 12.6. The Morgan fingerprint density at radius 3 is 2.69 bits per heavy atom. The van der Waals surface area contributed by atoms with Gasteiger partial charge in [0.1, 0.15) is 12.3 Å². The molecule has 9 heteroatoms. The molecule has 0 unspecified atom stereocenters. The normalized spacial score (nSPS) is 14.1. The molecule has 166 valence electrons. The Morgan fingerprint density at radius 1 is 1.12 bits per heavy atom. The fourth-order valence-corrected chi connectivity index (χ4v) is 3.67. The Hall–Kier alpha value is -3.36. The largest absolute Gasteiger partial charge is 0.482 e. The van der Waals surface area contributed by atoms with E-state index in [1.165, 1.54) is 0 Å². The molecule has 1 fully saturated rings. The fourth-order valence-electron chi connectivity index (χ4n) is 3.48. The number of benzene rings is 2. The Labute approximate surface area is 190 Å². The third-order valence-electron chi connectivity index (χ3n) is 5.08. The molecule has 2 amide bonds. The number of rotatable bonds is 7. The highest BCUT2D eigenvalue weighted by Gasteiger charge is 2.18. The summed E-state index contributed by atoms with van der Waals surface area (Å²) in [7, 11) is 0. The van der Waals surface area contributed by atoms with Crippen molar-refractivity contribution in [3.63, 3.8) is 0 Å². The van der Waals surface area contributed by atoms with Gasteiger partial charge >= 0.3 is 0 Å². The van der Waals surface area contributed by atoms with Gasteiger partial charge in [0.2, 0.25) is 5.91 Å². The molecule has 0 radical (unpaired) electrons. The number of halogens is 1. The molecule has 1 aliphatic rings. The molecule has 0 aliphatic carbocycles. The van der Waals surface area contributed by atoms with E-state index < -0.39 is 5.91 Å². The summed E-state index contributed by atoms with van der Waals surface area (Å²) in [5.41, 5.74) is 4.17. The number of morpholine rings is 1. The second-order valence-electron chi connectivity index (χ2n) is 7.23. The van der Waals surface area contributed by atoms with Gasteiger partial charge in [0.05, 0.1) is 24.5 Å². The van der Waals surface area contributed by atoms with Crippen LogP contribution in [-0.2, 0) is 20.9 Å². The lowest BCUT2D eigenvalue weighted by molar-refractivity contribution is -0.135. The number of hydrazone groups is 1. The predicted octanol–water partition coefficient (Wildman–Crippen LogP) is 2.68. The zero-order chi connectivity index (χ0) is 22.3. The lowest BCUT2D eigenvalue weighted by Crippen LogP contribution is -2.42. The van der Waals surface area contributed by atoms with Gasteiger partial charge in [-0.2, -0.15) is 5.10 Å². The first-order valence-electron chi connectivity index (χ1n) is 10.2. The van der Waals surface area contributed by atoms with Gasteiger partial charge in [-0.25, -0.2) is 5.43 Å². The number of para-hydroxylation sites is 2. The summed E-state index contributed by atoms with van der Waals surface area (Å²) in [6, 6.07) is 14.7. The molecule has 0 atom stereocenters. The van der Waals surface area contributed by atoms with Crippen molar-refractivity contribution in [3.05, 3.63) is 65.3 Å². The number of ether oxygens (including phenoxy) is 2. The van der Waals surface area contributed by atoms with Crippen LogP contribution < -0.4 is 10.2 Å². The first-order chi connectivity index (χ1) is 15.6. The van der Waals surface area contributed by atoms with Crippen molar-refractivity contribution in [1.29, 1.82) is 0 Å². The van der Waals surface area contributed by atoms with Crippen LogP contribution in [0.5, 0.6) is 5.75 Å². The summed E-state index contributed by atoms with van der Waals surface area (Å²) in [4.78, 5) is 26.5. The highest BCUT2D eigenvalue weighted by molar-refractivity contribution is 6.32. The maximum absolute atomic E-state index is 12.7. The number of nitrogens with zero attached hydrogens (tertiary/aromatic N) is 3. The van der Waals surface area contributed by atoms with Crippen LogP contribution in [0.1, 0.15) is 5.56 Å². The molecule has 1 aliphatic heterocycles. The summed E-state index contributed by atoms with van der Waals surface area (Å²) in [6.45, 7) is 2.36. The van der Waals surface area contributed by atoms with E-state index in [0.29, 0.717) is 37.1 Å². The Morgan fingerprint density at radius 2 is 1.88 bits per heavy atom. The van der Waals surface area contributed by atoms with Gasteiger partial charge in [-0.15, -0.1) is 0 Å². The van der Waals surface area contributed by atoms with Gasteiger partial charge in [0.15, 0.2) is 6.61 Å². The van der Waals surface area contributed by atoms with Crippen molar-refractivity contribution in [2.45, 2.75) is 6.54 Å². The van der Waals surface area contributed by atoms with E-state index in [1.54, 1.807) is 30.5 Å². The van der Waals surface area contributed by atoms with E-state index in [4.69, 9.17) is 21.1 Å². The average molecular weight is 455 g/mol. The lowest BCUT2D eigenvalue weighted by Gasteiger charge is -2.27. The molecular weight excluding hydrogens is 432 g/mol. The molecule has 0 bridgehead atoms. The molecule has 2 heterocycles. The van der Waals surface area contributed by atoms with Crippen LogP contribution in [0.2, 0.25) is 5.02 Å². The molecule has 2 aromatic carbocycles. The summed E-state index contributed by atoms with van der Waals surface area (Å²) in [6.07, 6.45) is 3.42. The van der Waals surface area contributed by atoms with Crippen LogP contribution in [0, 0.1) is 0 Å². The highest BCUT2D eigenvalue weighted by Crippen LogP contribution is 2.23. The number of carbonyl (C=O) groups excluding carboxylic acids is 2. The zero-order valence-corrected chi connectivity index (χ0v) is 18.1. The van der Waals surface area contributed by atoms with Crippen LogP contribution >= 0.6 is 11.6 Å². The number of fused-ring (bicyclic) bond motifs is 1. The second-order valence-corrected chi connectivity index (χ2v) is 7.64. The number of nitrogens with one attached hydrogen (secondary N) is 1. The molecule has 32 heavy (non-hydrogen) atoms. The number of aromatic nitrogens is 1. The molecule has 8 nitrogen and oxygen atoms in total. The lowest BCUT2D eigenvalue weighted by atomic mass is 10.2. The SMILES string of the molecule is O=C(COc1ccccc1Cl)N/N=C/c1cn(CC(=O)N2CCOCC2)c2ccccc12. The topological polar surface area (TPSA) is 85.2 Å². The first-order valence-corrected chi connectivity index (χ1v) is 10.6. The van der Waals surface area contributed by atoms with Gasteiger partial charge in [0.25, 0.3) is 5.91 Å². The van der Waals surface area contributed by atoms with Crippen LogP contribution in [0.25, 0.3) is 10.9 Å². The molecule has 0 saturated carbocycles. The smallest absolute Gasteiger partial charge is 0.277 e. The van der Waals surface area contributed by atoms with E-state index in [9.17, 15) is 9.59 Å². The molecule has 1 N–H and O–H groups in total. The van der Waals surface area contributed by atoms with Gasteiger partial charge in [-0.05, 0) is 18.2 Å².